The van der Waals surface area contributed by atoms with Crippen molar-refractivity contribution in [3.05, 3.63) is 0 Å². The predicted octanol–water partition coefficient (Wildman–Crippen LogP) is 2.12. The average molecular weight is 254 g/mol. The Kier molecular flexibility index (Phi) is 5.46. The molecule has 0 aromatic rings. The van der Waals surface area contributed by atoms with E-state index in [4.69, 9.17) is 4.74 Å². The molecular weight excluding hydrogens is 224 g/mol. The van der Waals surface area contributed by atoms with E-state index in [0.29, 0.717) is 12.0 Å². The number of rotatable bonds is 5. The standard InChI is InChI=1S/C15H30N2O/c1-4-6-16-15-11-18-10-14(15)9-17-7-5-12(2)8-13(17)3/h12-16H,4-11H2,1-3H3. The van der Waals surface area contributed by atoms with E-state index in [1.54, 1.807) is 0 Å². The fourth-order valence-electron chi connectivity index (χ4n) is 3.36. The molecule has 0 spiro atoms. The maximum Gasteiger partial charge on any atom is 0.0623 e. The highest BCUT2D eigenvalue weighted by molar-refractivity contribution is 4.86. The van der Waals surface area contributed by atoms with Crippen molar-refractivity contribution in [3.63, 3.8) is 0 Å². The Bertz CT molecular complexity index is 247. The number of likely N-dealkylation sites (tertiary alicyclic amines) is 1. The third kappa shape index (κ3) is 3.69. The molecule has 2 saturated heterocycles. The predicted molar refractivity (Wildman–Crippen MR) is 75.8 cm³/mol. The van der Waals surface area contributed by atoms with Crippen LogP contribution in [0.15, 0.2) is 0 Å². The van der Waals surface area contributed by atoms with Crippen LogP contribution in [0.3, 0.4) is 0 Å². The van der Waals surface area contributed by atoms with E-state index in [0.717, 1.165) is 31.7 Å². The first-order valence-electron chi connectivity index (χ1n) is 7.75. The van der Waals surface area contributed by atoms with Gasteiger partial charge in [-0.25, -0.2) is 0 Å². The molecular formula is C15H30N2O. The zero-order valence-corrected chi connectivity index (χ0v) is 12.3. The van der Waals surface area contributed by atoms with Crippen LogP contribution in [0.25, 0.3) is 0 Å². The van der Waals surface area contributed by atoms with E-state index in [1.165, 1.54) is 32.4 Å². The first kappa shape index (κ1) is 14.3. The van der Waals surface area contributed by atoms with E-state index in [-0.39, 0.29) is 0 Å². The molecule has 0 saturated carbocycles. The van der Waals surface area contributed by atoms with Crippen LogP contribution in [0.2, 0.25) is 0 Å². The molecule has 2 fully saturated rings. The summed E-state index contributed by atoms with van der Waals surface area (Å²) in [6, 6.07) is 1.33. The van der Waals surface area contributed by atoms with Crippen molar-refractivity contribution in [2.24, 2.45) is 11.8 Å². The van der Waals surface area contributed by atoms with Crippen LogP contribution in [0.4, 0.5) is 0 Å². The Labute approximate surface area is 112 Å². The molecule has 0 amide bonds. The second kappa shape index (κ2) is 6.88. The lowest BCUT2D eigenvalue weighted by atomic mass is 9.91. The summed E-state index contributed by atoms with van der Waals surface area (Å²) in [4.78, 5) is 2.68. The molecule has 1 N–H and O–H groups in total. The molecule has 0 radical (unpaired) electrons. The molecule has 0 aliphatic carbocycles. The van der Waals surface area contributed by atoms with Gasteiger partial charge in [-0.3, -0.25) is 0 Å². The normalized spacial score (nSPS) is 38.2. The van der Waals surface area contributed by atoms with Gasteiger partial charge in [-0.05, 0) is 45.2 Å². The van der Waals surface area contributed by atoms with Gasteiger partial charge in [-0.1, -0.05) is 13.8 Å². The number of nitrogens with one attached hydrogen (secondary N) is 1. The molecule has 2 aliphatic heterocycles. The van der Waals surface area contributed by atoms with Gasteiger partial charge < -0.3 is 15.0 Å². The van der Waals surface area contributed by atoms with Gasteiger partial charge >= 0.3 is 0 Å². The van der Waals surface area contributed by atoms with E-state index in [2.05, 4.69) is 31.0 Å². The molecule has 4 atom stereocenters. The van der Waals surface area contributed by atoms with Crippen molar-refractivity contribution in [1.82, 2.24) is 10.2 Å². The molecule has 0 aromatic carbocycles. The molecule has 2 rings (SSSR count). The van der Waals surface area contributed by atoms with Crippen LogP contribution in [-0.4, -0.2) is 49.8 Å². The summed E-state index contributed by atoms with van der Waals surface area (Å²) < 4.78 is 5.68. The van der Waals surface area contributed by atoms with E-state index < -0.39 is 0 Å². The zero-order valence-electron chi connectivity index (χ0n) is 12.3. The Hall–Kier alpha value is -0.120. The van der Waals surface area contributed by atoms with Crippen molar-refractivity contribution in [2.75, 3.05) is 32.8 Å². The zero-order chi connectivity index (χ0) is 13.0. The van der Waals surface area contributed by atoms with Gasteiger partial charge in [0.25, 0.3) is 0 Å². The fourth-order valence-corrected chi connectivity index (χ4v) is 3.36. The minimum Gasteiger partial charge on any atom is -0.379 e. The van der Waals surface area contributed by atoms with Crippen molar-refractivity contribution in [1.29, 1.82) is 0 Å². The lowest BCUT2D eigenvalue weighted by Gasteiger charge is -2.38. The molecule has 0 bridgehead atoms. The van der Waals surface area contributed by atoms with Crippen LogP contribution >= 0.6 is 0 Å². The summed E-state index contributed by atoms with van der Waals surface area (Å²) in [6.45, 7) is 12.5. The number of hydrogen-bond acceptors (Lipinski definition) is 3. The lowest BCUT2D eigenvalue weighted by Crippen LogP contribution is -2.47. The largest absolute Gasteiger partial charge is 0.379 e. The minimum atomic E-state index is 0.580. The molecule has 2 aliphatic rings. The SMILES string of the molecule is CCCNC1COCC1CN1CCC(C)CC1C. The van der Waals surface area contributed by atoms with Crippen LogP contribution in [0.1, 0.15) is 40.0 Å². The first-order valence-corrected chi connectivity index (χ1v) is 7.75. The topological polar surface area (TPSA) is 24.5 Å². The minimum absolute atomic E-state index is 0.580. The summed E-state index contributed by atoms with van der Waals surface area (Å²) in [5, 5.41) is 3.64. The first-order chi connectivity index (χ1) is 8.70. The second-order valence-electron chi connectivity index (χ2n) is 6.33. The summed E-state index contributed by atoms with van der Waals surface area (Å²) in [5.41, 5.74) is 0. The Morgan fingerprint density at radius 3 is 2.83 bits per heavy atom. The van der Waals surface area contributed by atoms with Gasteiger partial charge in [-0.2, -0.15) is 0 Å². The van der Waals surface area contributed by atoms with E-state index in [9.17, 15) is 0 Å². The highest BCUT2D eigenvalue weighted by atomic mass is 16.5. The van der Waals surface area contributed by atoms with Gasteiger partial charge in [0, 0.05) is 24.5 Å². The van der Waals surface area contributed by atoms with E-state index in [1.807, 2.05) is 0 Å². The number of ether oxygens (including phenoxy) is 1. The van der Waals surface area contributed by atoms with Gasteiger partial charge in [0.15, 0.2) is 0 Å². The van der Waals surface area contributed by atoms with Crippen LogP contribution in [0, 0.1) is 11.8 Å². The quantitative estimate of drug-likeness (QED) is 0.813. The Balaban J connectivity index is 1.80. The smallest absolute Gasteiger partial charge is 0.0623 e. The maximum absolute atomic E-state index is 5.68. The average Bonchev–Trinajstić information content (AvgIpc) is 2.77. The third-order valence-electron chi connectivity index (χ3n) is 4.60. The molecule has 3 heteroatoms. The highest BCUT2D eigenvalue weighted by Gasteiger charge is 2.32. The van der Waals surface area contributed by atoms with Crippen molar-refractivity contribution in [3.8, 4) is 0 Å². The number of hydrogen-bond donors (Lipinski definition) is 1. The maximum atomic E-state index is 5.68. The van der Waals surface area contributed by atoms with Crippen LogP contribution < -0.4 is 5.32 Å². The molecule has 0 aromatic heterocycles. The Morgan fingerprint density at radius 2 is 2.11 bits per heavy atom. The molecule has 3 nitrogen and oxygen atoms in total. The summed E-state index contributed by atoms with van der Waals surface area (Å²) in [5.74, 6) is 1.59. The molecule has 4 unspecified atom stereocenters. The van der Waals surface area contributed by atoms with Gasteiger partial charge in [0.05, 0.1) is 13.2 Å². The number of nitrogens with zero attached hydrogens (tertiary/aromatic N) is 1. The van der Waals surface area contributed by atoms with Crippen molar-refractivity contribution in [2.45, 2.75) is 52.1 Å². The van der Waals surface area contributed by atoms with Gasteiger partial charge in [0.2, 0.25) is 0 Å². The molecule has 2 heterocycles. The summed E-state index contributed by atoms with van der Waals surface area (Å²) in [6.07, 6.45) is 3.94. The molecule has 106 valence electrons. The monoisotopic (exact) mass is 254 g/mol. The number of piperidine rings is 1. The van der Waals surface area contributed by atoms with Crippen molar-refractivity contribution >= 4 is 0 Å². The van der Waals surface area contributed by atoms with Gasteiger partial charge in [-0.15, -0.1) is 0 Å². The lowest BCUT2D eigenvalue weighted by molar-refractivity contribution is 0.0995. The third-order valence-corrected chi connectivity index (χ3v) is 4.60. The fraction of sp³-hybridized carbons (Fsp3) is 1.00. The molecule has 18 heavy (non-hydrogen) atoms. The van der Waals surface area contributed by atoms with Crippen molar-refractivity contribution < 1.29 is 4.74 Å². The highest BCUT2D eigenvalue weighted by Crippen LogP contribution is 2.25. The Morgan fingerprint density at radius 1 is 1.28 bits per heavy atom. The summed E-state index contributed by atoms with van der Waals surface area (Å²) >= 11 is 0. The van der Waals surface area contributed by atoms with E-state index >= 15 is 0 Å². The second-order valence-corrected chi connectivity index (χ2v) is 6.33. The summed E-state index contributed by atoms with van der Waals surface area (Å²) in [7, 11) is 0. The van der Waals surface area contributed by atoms with Crippen LogP contribution in [0.5, 0.6) is 0 Å². The van der Waals surface area contributed by atoms with Crippen LogP contribution in [-0.2, 0) is 4.74 Å². The van der Waals surface area contributed by atoms with Gasteiger partial charge in [0.1, 0.15) is 0 Å².